The molecular weight excluding hydrogens is 362 g/mol. The van der Waals surface area contributed by atoms with E-state index in [0.717, 1.165) is 45.9 Å². The highest BCUT2D eigenvalue weighted by molar-refractivity contribution is 6.05. The van der Waals surface area contributed by atoms with E-state index in [1.54, 1.807) is 0 Å². The predicted octanol–water partition coefficient (Wildman–Crippen LogP) is 4.71. The maximum Gasteiger partial charge on any atom is 0.179 e. The third kappa shape index (κ3) is 2.49. The van der Waals surface area contributed by atoms with Crippen LogP contribution in [0.25, 0.3) is 21.9 Å². The van der Waals surface area contributed by atoms with Crippen LogP contribution >= 0.6 is 0 Å². The van der Waals surface area contributed by atoms with Gasteiger partial charge in [0.25, 0.3) is 0 Å². The molecule has 0 spiro atoms. The SMILES string of the molecule is CCN1C(N)=C(C#N)[C@@H](c2ccc3oc4ccccc4c3c2)C2=C1C(=O)CCC2. The first-order valence-electron chi connectivity index (χ1n) is 9.98. The van der Waals surface area contributed by atoms with E-state index in [0.29, 0.717) is 30.1 Å². The standard InChI is InChI=1S/C24H21N3O2/c1-2-27-23-16(7-5-8-19(23)28)22(18(13-25)24(27)26)14-10-11-21-17(12-14)15-6-3-4-9-20(15)29-21/h3-4,6,9-12,22H,2,5,7-8,26H2,1H3/t22-/m0/s1. The van der Waals surface area contributed by atoms with Crippen molar-refractivity contribution < 1.29 is 9.21 Å². The van der Waals surface area contributed by atoms with Gasteiger partial charge in [0.15, 0.2) is 5.78 Å². The lowest BCUT2D eigenvalue weighted by Gasteiger charge is -2.39. The molecule has 1 aliphatic carbocycles. The highest BCUT2D eigenvalue weighted by Crippen LogP contribution is 2.45. The van der Waals surface area contributed by atoms with Crippen LogP contribution in [0.3, 0.4) is 0 Å². The van der Waals surface area contributed by atoms with Crippen molar-refractivity contribution in [2.24, 2.45) is 5.73 Å². The van der Waals surface area contributed by atoms with Crippen molar-refractivity contribution in [1.82, 2.24) is 4.90 Å². The van der Waals surface area contributed by atoms with Gasteiger partial charge in [-0.3, -0.25) is 4.79 Å². The molecule has 3 aromatic rings. The lowest BCUT2D eigenvalue weighted by Crippen LogP contribution is -2.39. The molecule has 0 bridgehead atoms. The summed E-state index contributed by atoms with van der Waals surface area (Å²) in [5.41, 5.74) is 11.3. The molecule has 1 aliphatic heterocycles. The molecule has 1 atom stereocenters. The normalized spacial score (nSPS) is 19.8. The number of ketones is 1. The zero-order chi connectivity index (χ0) is 20.1. The Hall–Kier alpha value is -3.52. The molecule has 144 valence electrons. The number of hydrogen-bond acceptors (Lipinski definition) is 5. The van der Waals surface area contributed by atoms with Crippen molar-refractivity contribution in [1.29, 1.82) is 5.26 Å². The predicted molar refractivity (Wildman–Crippen MR) is 112 cm³/mol. The minimum atomic E-state index is -0.292. The number of benzene rings is 2. The fourth-order valence-electron chi connectivity index (χ4n) is 4.79. The lowest BCUT2D eigenvalue weighted by atomic mass is 9.76. The molecule has 2 aliphatic rings. The second kappa shape index (κ2) is 6.52. The molecule has 1 aromatic heterocycles. The monoisotopic (exact) mass is 383 g/mol. The van der Waals surface area contributed by atoms with E-state index >= 15 is 0 Å². The van der Waals surface area contributed by atoms with Gasteiger partial charge in [-0.15, -0.1) is 0 Å². The average Bonchev–Trinajstić information content (AvgIpc) is 3.11. The Balaban J connectivity index is 1.76. The molecular formula is C24H21N3O2. The number of hydrogen-bond donors (Lipinski definition) is 1. The average molecular weight is 383 g/mol. The van der Waals surface area contributed by atoms with Crippen molar-refractivity contribution >= 4 is 27.7 Å². The Labute approximate surface area is 168 Å². The third-order valence-corrected chi connectivity index (χ3v) is 6.06. The first-order chi connectivity index (χ1) is 14.1. The Morgan fingerprint density at radius 1 is 1.17 bits per heavy atom. The van der Waals surface area contributed by atoms with Gasteiger partial charge >= 0.3 is 0 Å². The molecule has 2 N–H and O–H groups in total. The maximum absolute atomic E-state index is 12.8. The second-order valence-corrected chi connectivity index (χ2v) is 7.59. The van der Waals surface area contributed by atoms with Crippen LogP contribution in [0.5, 0.6) is 0 Å². The number of carbonyl (C=O) groups is 1. The van der Waals surface area contributed by atoms with Gasteiger partial charge in [-0.25, -0.2) is 0 Å². The van der Waals surface area contributed by atoms with E-state index in [1.807, 2.05) is 48.2 Å². The number of fused-ring (bicyclic) bond motifs is 3. The van der Waals surface area contributed by atoms with Gasteiger partial charge in [0.1, 0.15) is 17.0 Å². The topological polar surface area (TPSA) is 83.3 Å². The van der Waals surface area contributed by atoms with Crippen LogP contribution in [-0.2, 0) is 4.79 Å². The van der Waals surface area contributed by atoms with E-state index in [1.165, 1.54) is 0 Å². The van der Waals surface area contributed by atoms with Crippen LogP contribution in [0.4, 0.5) is 0 Å². The number of carbonyl (C=O) groups excluding carboxylic acids is 1. The lowest BCUT2D eigenvalue weighted by molar-refractivity contribution is -0.117. The molecule has 0 amide bonds. The van der Waals surface area contributed by atoms with E-state index in [4.69, 9.17) is 10.2 Å². The number of furan rings is 1. The molecule has 5 rings (SSSR count). The van der Waals surface area contributed by atoms with Gasteiger partial charge in [-0.2, -0.15) is 5.26 Å². The summed E-state index contributed by atoms with van der Waals surface area (Å²) in [6.07, 6.45) is 2.13. The minimum Gasteiger partial charge on any atom is -0.456 e. The Morgan fingerprint density at radius 2 is 1.97 bits per heavy atom. The first kappa shape index (κ1) is 17.6. The maximum atomic E-state index is 12.8. The summed E-state index contributed by atoms with van der Waals surface area (Å²) in [6, 6.07) is 16.3. The second-order valence-electron chi connectivity index (χ2n) is 7.59. The largest absolute Gasteiger partial charge is 0.456 e. The first-order valence-corrected chi connectivity index (χ1v) is 9.98. The summed E-state index contributed by atoms with van der Waals surface area (Å²) in [6.45, 7) is 2.53. The Kier molecular flexibility index (Phi) is 3.95. The quantitative estimate of drug-likeness (QED) is 0.693. The highest BCUT2D eigenvalue weighted by Gasteiger charge is 2.38. The molecule has 5 heteroatoms. The number of nitrogens with zero attached hydrogens (tertiary/aromatic N) is 2. The zero-order valence-corrected chi connectivity index (χ0v) is 16.2. The number of rotatable bonds is 2. The third-order valence-electron chi connectivity index (χ3n) is 6.06. The van der Waals surface area contributed by atoms with Crippen LogP contribution in [0.2, 0.25) is 0 Å². The van der Waals surface area contributed by atoms with Crippen molar-refractivity contribution in [3.63, 3.8) is 0 Å². The number of nitrogens with two attached hydrogens (primary N) is 1. The van der Waals surface area contributed by atoms with Gasteiger partial charge < -0.3 is 15.1 Å². The van der Waals surface area contributed by atoms with Crippen molar-refractivity contribution in [3.8, 4) is 6.07 Å². The molecule has 5 nitrogen and oxygen atoms in total. The van der Waals surface area contributed by atoms with E-state index in [2.05, 4.69) is 12.1 Å². The van der Waals surface area contributed by atoms with Crippen molar-refractivity contribution in [2.75, 3.05) is 6.54 Å². The van der Waals surface area contributed by atoms with Gasteiger partial charge in [-0.05, 0) is 49.1 Å². The summed E-state index contributed by atoms with van der Waals surface area (Å²) < 4.78 is 5.95. The summed E-state index contributed by atoms with van der Waals surface area (Å²) in [5, 5.41) is 12.0. The summed E-state index contributed by atoms with van der Waals surface area (Å²) in [7, 11) is 0. The van der Waals surface area contributed by atoms with Crippen LogP contribution in [0.1, 0.15) is 37.7 Å². The molecule has 2 heterocycles. The van der Waals surface area contributed by atoms with Gasteiger partial charge in [0, 0.05) is 29.7 Å². The van der Waals surface area contributed by atoms with Gasteiger partial charge in [-0.1, -0.05) is 24.3 Å². The smallest absolute Gasteiger partial charge is 0.179 e. The number of nitriles is 1. The molecule has 2 aromatic carbocycles. The Morgan fingerprint density at radius 3 is 2.76 bits per heavy atom. The molecule has 29 heavy (non-hydrogen) atoms. The fourth-order valence-corrected chi connectivity index (χ4v) is 4.79. The highest BCUT2D eigenvalue weighted by atomic mass is 16.3. The fraction of sp³-hybridized carbons (Fsp3) is 0.250. The summed E-state index contributed by atoms with van der Waals surface area (Å²) >= 11 is 0. The number of para-hydroxylation sites is 1. The van der Waals surface area contributed by atoms with Crippen LogP contribution in [-0.4, -0.2) is 17.2 Å². The van der Waals surface area contributed by atoms with Crippen molar-refractivity contribution in [3.05, 3.63) is 70.7 Å². The van der Waals surface area contributed by atoms with Crippen molar-refractivity contribution in [2.45, 2.75) is 32.1 Å². The zero-order valence-electron chi connectivity index (χ0n) is 16.2. The summed E-state index contributed by atoms with van der Waals surface area (Å²) in [4.78, 5) is 14.6. The van der Waals surface area contributed by atoms with Crippen LogP contribution in [0.15, 0.2) is 69.5 Å². The summed E-state index contributed by atoms with van der Waals surface area (Å²) in [5.74, 6) is 0.221. The van der Waals surface area contributed by atoms with E-state index < -0.39 is 0 Å². The minimum absolute atomic E-state index is 0.118. The Bertz CT molecular complexity index is 1270. The van der Waals surface area contributed by atoms with Gasteiger partial charge in [0.2, 0.25) is 0 Å². The number of Topliss-reactive ketones (excluding diaryl/α,β-unsaturated/α-hetero) is 1. The van der Waals surface area contributed by atoms with E-state index in [-0.39, 0.29) is 11.7 Å². The molecule has 0 fully saturated rings. The molecule has 0 radical (unpaired) electrons. The number of allylic oxidation sites excluding steroid dienone is 3. The molecule has 0 saturated heterocycles. The van der Waals surface area contributed by atoms with E-state index in [9.17, 15) is 10.1 Å². The van der Waals surface area contributed by atoms with Crippen LogP contribution in [0, 0.1) is 11.3 Å². The molecule has 0 saturated carbocycles. The van der Waals surface area contributed by atoms with Gasteiger partial charge in [0.05, 0.1) is 17.3 Å². The number of likely N-dealkylation sites (N-methyl/N-ethyl adjacent to an activating group) is 1. The van der Waals surface area contributed by atoms with Crippen LogP contribution < -0.4 is 5.73 Å². The molecule has 0 unspecified atom stereocenters.